The minimum atomic E-state index is -4.17. The molecule has 0 aliphatic rings. The van der Waals surface area contributed by atoms with Crippen LogP contribution in [0.4, 0.5) is 17.1 Å². The van der Waals surface area contributed by atoms with Gasteiger partial charge in [0.05, 0.1) is 29.6 Å². The molecule has 0 spiro atoms. The van der Waals surface area contributed by atoms with E-state index in [1.165, 1.54) is 37.6 Å². The first kappa shape index (κ1) is 22.7. The maximum atomic E-state index is 13.0. The van der Waals surface area contributed by atoms with Gasteiger partial charge in [0.15, 0.2) is 0 Å². The molecule has 1 aromatic heterocycles. The number of rotatable bonds is 8. The molecule has 0 atom stereocenters. The van der Waals surface area contributed by atoms with Gasteiger partial charge in [-0.25, -0.2) is 8.42 Å². The highest BCUT2D eigenvalue weighted by molar-refractivity contribution is 7.92. The van der Waals surface area contributed by atoms with Gasteiger partial charge in [-0.2, -0.15) is 10.2 Å². The highest BCUT2D eigenvalue weighted by Crippen LogP contribution is 2.29. The summed E-state index contributed by atoms with van der Waals surface area (Å²) in [6.07, 6.45) is 1.52. The third-order valence-corrected chi connectivity index (χ3v) is 6.17. The molecule has 2 N–H and O–H groups in total. The summed E-state index contributed by atoms with van der Waals surface area (Å²) in [6, 6.07) is 9.69. The molecule has 1 heterocycles. The molecule has 0 aliphatic heterocycles. The molecule has 0 unspecified atom stereocenters. The number of nitro benzene ring substituents is 1. The molecule has 0 aliphatic carbocycles. The fraction of sp³-hybridized carbons (Fsp3) is 0.200. The van der Waals surface area contributed by atoms with E-state index in [0.29, 0.717) is 5.75 Å². The number of non-ortho nitro benzene ring substituents is 1. The van der Waals surface area contributed by atoms with E-state index in [9.17, 15) is 18.5 Å². The van der Waals surface area contributed by atoms with Crippen molar-refractivity contribution in [2.45, 2.75) is 18.7 Å². The van der Waals surface area contributed by atoms with Gasteiger partial charge in [-0.05, 0) is 44.2 Å². The molecule has 0 amide bonds. The lowest BCUT2D eigenvalue weighted by molar-refractivity contribution is -0.385. The van der Waals surface area contributed by atoms with E-state index < -0.39 is 14.9 Å². The number of benzene rings is 2. The number of hydrazone groups is 1. The highest BCUT2D eigenvalue weighted by Gasteiger charge is 2.23. The minimum absolute atomic E-state index is 0.0760. The van der Waals surface area contributed by atoms with E-state index in [2.05, 4.69) is 20.3 Å². The molecule has 12 heteroatoms. The van der Waals surface area contributed by atoms with Crippen molar-refractivity contribution in [1.82, 2.24) is 9.78 Å². The van der Waals surface area contributed by atoms with Gasteiger partial charge in [0.25, 0.3) is 15.7 Å². The Morgan fingerprint density at radius 3 is 2.44 bits per heavy atom. The zero-order valence-corrected chi connectivity index (χ0v) is 18.7. The fourth-order valence-electron chi connectivity index (χ4n) is 2.95. The average Bonchev–Trinajstić information content (AvgIpc) is 2.99. The normalized spacial score (nSPS) is 11.5. The standard InChI is InChI=1S/C20H22N6O5S/c1-13-18(14(2)25(3)23-13)12-21-22-19-10-7-16(26(27)28)11-20(19)32(29,30)24-15-5-8-17(31-4)9-6-15/h5-12,22,24H,1-4H3. The van der Waals surface area contributed by atoms with Crippen molar-refractivity contribution in [1.29, 1.82) is 0 Å². The number of hydrogen-bond donors (Lipinski definition) is 2. The number of aromatic nitrogens is 2. The lowest BCUT2D eigenvalue weighted by Crippen LogP contribution is -2.15. The van der Waals surface area contributed by atoms with Crippen molar-refractivity contribution >= 4 is 33.3 Å². The van der Waals surface area contributed by atoms with E-state index >= 15 is 0 Å². The van der Waals surface area contributed by atoms with Crippen LogP contribution in [0.2, 0.25) is 0 Å². The Labute approximate surface area is 184 Å². The first-order valence-corrected chi connectivity index (χ1v) is 10.9. The minimum Gasteiger partial charge on any atom is -0.497 e. The van der Waals surface area contributed by atoms with Gasteiger partial charge < -0.3 is 4.74 Å². The lowest BCUT2D eigenvalue weighted by Gasteiger charge is -2.12. The summed E-state index contributed by atoms with van der Waals surface area (Å²) in [5.41, 5.74) is 5.07. The van der Waals surface area contributed by atoms with Crippen LogP contribution < -0.4 is 14.9 Å². The van der Waals surface area contributed by atoms with Gasteiger partial charge >= 0.3 is 0 Å². The predicted molar refractivity (Wildman–Crippen MR) is 121 cm³/mol. The van der Waals surface area contributed by atoms with Crippen molar-refractivity contribution in [2.24, 2.45) is 12.1 Å². The van der Waals surface area contributed by atoms with Crippen molar-refractivity contribution in [3.05, 3.63) is 69.5 Å². The SMILES string of the molecule is COc1ccc(NS(=O)(=O)c2cc([N+](=O)[O-])ccc2NN=Cc2c(C)nn(C)c2C)cc1. The van der Waals surface area contributed by atoms with E-state index in [1.807, 2.05) is 13.8 Å². The Morgan fingerprint density at radius 2 is 1.88 bits per heavy atom. The molecule has 32 heavy (non-hydrogen) atoms. The lowest BCUT2D eigenvalue weighted by atomic mass is 10.2. The zero-order chi connectivity index (χ0) is 23.5. The maximum absolute atomic E-state index is 13.0. The Balaban J connectivity index is 1.94. The summed E-state index contributed by atoms with van der Waals surface area (Å²) < 4.78 is 35.2. The van der Waals surface area contributed by atoms with Gasteiger partial charge in [0.1, 0.15) is 10.6 Å². The fourth-order valence-corrected chi connectivity index (χ4v) is 4.19. The van der Waals surface area contributed by atoms with Gasteiger partial charge in [0, 0.05) is 36.1 Å². The van der Waals surface area contributed by atoms with Crippen LogP contribution in [0.5, 0.6) is 5.75 Å². The summed E-state index contributed by atoms with van der Waals surface area (Å²) in [6.45, 7) is 3.71. The number of nitrogens with zero attached hydrogens (tertiary/aromatic N) is 4. The average molecular weight is 459 g/mol. The Morgan fingerprint density at radius 1 is 1.19 bits per heavy atom. The maximum Gasteiger partial charge on any atom is 0.270 e. The molecule has 0 bridgehead atoms. The topological polar surface area (TPSA) is 141 Å². The van der Waals surface area contributed by atoms with Crippen LogP contribution in [-0.4, -0.2) is 36.4 Å². The third-order valence-electron chi connectivity index (χ3n) is 4.75. The van der Waals surface area contributed by atoms with Crippen molar-refractivity contribution in [3.8, 4) is 5.75 Å². The van der Waals surface area contributed by atoms with Crippen molar-refractivity contribution in [2.75, 3.05) is 17.3 Å². The van der Waals surface area contributed by atoms with Crippen LogP contribution in [0.25, 0.3) is 0 Å². The van der Waals surface area contributed by atoms with E-state index in [0.717, 1.165) is 23.0 Å². The van der Waals surface area contributed by atoms with Crippen LogP contribution in [-0.2, 0) is 17.1 Å². The monoisotopic (exact) mass is 458 g/mol. The van der Waals surface area contributed by atoms with Gasteiger partial charge in [0.2, 0.25) is 0 Å². The Bertz CT molecular complexity index is 1280. The van der Waals surface area contributed by atoms with Crippen LogP contribution in [0, 0.1) is 24.0 Å². The molecule has 0 saturated carbocycles. The summed E-state index contributed by atoms with van der Waals surface area (Å²) in [7, 11) is -0.875. The molecular formula is C20H22N6O5S. The van der Waals surface area contributed by atoms with Crippen LogP contribution >= 0.6 is 0 Å². The molecule has 0 radical (unpaired) electrons. The van der Waals surface area contributed by atoms with Crippen molar-refractivity contribution in [3.63, 3.8) is 0 Å². The number of anilines is 2. The number of nitrogens with one attached hydrogen (secondary N) is 2. The van der Waals surface area contributed by atoms with Crippen LogP contribution in [0.3, 0.4) is 0 Å². The Hall–Kier alpha value is -3.93. The van der Waals surface area contributed by atoms with E-state index in [-0.39, 0.29) is 22.0 Å². The number of hydrogen-bond acceptors (Lipinski definition) is 8. The Kier molecular flexibility index (Phi) is 6.44. The second-order valence-electron chi connectivity index (χ2n) is 6.85. The highest BCUT2D eigenvalue weighted by atomic mass is 32.2. The summed E-state index contributed by atoms with van der Waals surface area (Å²) in [4.78, 5) is 10.2. The number of nitro groups is 1. The smallest absolute Gasteiger partial charge is 0.270 e. The van der Waals surface area contributed by atoms with Crippen LogP contribution in [0.15, 0.2) is 52.5 Å². The van der Waals surface area contributed by atoms with Gasteiger partial charge in [-0.15, -0.1) is 0 Å². The molecule has 0 saturated heterocycles. The van der Waals surface area contributed by atoms with Gasteiger partial charge in [-0.3, -0.25) is 24.9 Å². The van der Waals surface area contributed by atoms with Crippen LogP contribution in [0.1, 0.15) is 17.0 Å². The predicted octanol–water partition coefficient (Wildman–Crippen LogP) is 3.20. The first-order chi connectivity index (χ1) is 15.1. The summed E-state index contributed by atoms with van der Waals surface area (Å²) in [5, 5.41) is 19.6. The van der Waals surface area contributed by atoms with E-state index in [4.69, 9.17) is 4.74 Å². The van der Waals surface area contributed by atoms with Crippen molar-refractivity contribution < 1.29 is 18.1 Å². The largest absolute Gasteiger partial charge is 0.497 e. The summed E-state index contributed by atoms with van der Waals surface area (Å²) in [5.74, 6) is 0.556. The first-order valence-electron chi connectivity index (χ1n) is 9.37. The third kappa shape index (κ3) is 4.86. The number of methoxy groups -OCH3 is 1. The molecule has 0 fully saturated rings. The second kappa shape index (κ2) is 9.06. The number of aryl methyl sites for hydroxylation is 2. The molecule has 3 rings (SSSR count). The van der Waals surface area contributed by atoms with E-state index in [1.54, 1.807) is 23.9 Å². The second-order valence-corrected chi connectivity index (χ2v) is 8.50. The number of ether oxygens (including phenoxy) is 1. The quantitative estimate of drug-likeness (QED) is 0.300. The zero-order valence-electron chi connectivity index (χ0n) is 17.9. The molecule has 2 aromatic carbocycles. The molecule has 3 aromatic rings. The molecular weight excluding hydrogens is 436 g/mol. The number of sulfonamides is 1. The molecule has 168 valence electrons. The van der Waals surface area contributed by atoms with Gasteiger partial charge in [-0.1, -0.05) is 0 Å². The molecule has 11 nitrogen and oxygen atoms in total. The summed E-state index contributed by atoms with van der Waals surface area (Å²) >= 11 is 0.